The number of methoxy groups -OCH3 is 2. The minimum atomic E-state index is -0.894. The van der Waals surface area contributed by atoms with Gasteiger partial charge in [0.25, 0.3) is 0 Å². The van der Waals surface area contributed by atoms with Gasteiger partial charge >= 0.3 is 5.97 Å². The van der Waals surface area contributed by atoms with Crippen LogP contribution in [0.5, 0.6) is 0 Å². The van der Waals surface area contributed by atoms with Gasteiger partial charge in [-0.1, -0.05) is 12.2 Å². The number of carbonyl (C=O) groups is 2. The fourth-order valence-electron chi connectivity index (χ4n) is 3.21. The Morgan fingerprint density at radius 2 is 2.13 bits per heavy atom. The highest BCUT2D eigenvalue weighted by molar-refractivity contribution is 5.75. The molecular formula is C16H28N2O5. The molecule has 1 heterocycles. The van der Waals surface area contributed by atoms with Gasteiger partial charge in [0.2, 0.25) is 5.91 Å². The zero-order chi connectivity index (χ0) is 17.6. The van der Waals surface area contributed by atoms with Crippen molar-refractivity contribution in [2.75, 3.05) is 20.8 Å². The van der Waals surface area contributed by atoms with Crippen LogP contribution < -0.4 is 10.6 Å². The Morgan fingerprint density at radius 1 is 1.48 bits per heavy atom. The third-order valence-corrected chi connectivity index (χ3v) is 4.37. The SMILES string of the molecule is CC=C[C@@H]1C[C@H](C(=O)O)N[C@H]1[C@@H](NC(C)=O)[C@](C)(COC)OC. The molecule has 7 heteroatoms. The molecule has 1 aliphatic heterocycles. The molecule has 132 valence electrons. The number of carboxylic acid groups (broad SMARTS) is 1. The Morgan fingerprint density at radius 3 is 2.57 bits per heavy atom. The minimum absolute atomic E-state index is 0.0238. The second-order valence-electron chi connectivity index (χ2n) is 6.14. The van der Waals surface area contributed by atoms with Crippen LogP contribution in [0.3, 0.4) is 0 Å². The molecule has 1 rings (SSSR count). The standard InChI is InChI=1S/C16H28N2O5/c1-6-7-11-8-12(15(20)21)18-13(11)14(17-10(2)19)16(3,23-5)9-22-4/h6-7,11-14,18H,8-9H2,1-5H3,(H,17,19)(H,20,21)/t11-,12-,13-,14-,16+/m1/s1. The molecule has 0 radical (unpaired) electrons. The molecule has 1 saturated heterocycles. The topological polar surface area (TPSA) is 96.9 Å². The highest BCUT2D eigenvalue weighted by Crippen LogP contribution is 2.30. The van der Waals surface area contributed by atoms with Crippen LogP contribution >= 0.6 is 0 Å². The molecule has 0 bridgehead atoms. The second kappa shape index (κ2) is 8.42. The smallest absolute Gasteiger partial charge is 0.320 e. The first kappa shape index (κ1) is 19.6. The lowest BCUT2D eigenvalue weighted by Gasteiger charge is -2.41. The summed E-state index contributed by atoms with van der Waals surface area (Å²) in [4.78, 5) is 23.0. The number of aliphatic carboxylic acids is 1. The molecule has 0 aromatic carbocycles. The van der Waals surface area contributed by atoms with Gasteiger partial charge in [0, 0.05) is 27.2 Å². The molecule has 5 atom stereocenters. The van der Waals surface area contributed by atoms with Crippen LogP contribution in [0.1, 0.15) is 27.2 Å². The quantitative estimate of drug-likeness (QED) is 0.563. The maximum absolute atomic E-state index is 11.7. The number of carboxylic acids is 1. The lowest BCUT2D eigenvalue weighted by molar-refractivity contribution is -0.139. The molecule has 1 aliphatic rings. The predicted molar refractivity (Wildman–Crippen MR) is 86.2 cm³/mol. The molecule has 0 aromatic rings. The largest absolute Gasteiger partial charge is 0.480 e. The van der Waals surface area contributed by atoms with E-state index in [1.807, 2.05) is 26.0 Å². The number of ether oxygens (including phenoxy) is 2. The minimum Gasteiger partial charge on any atom is -0.480 e. The van der Waals surface area contributed by atoms with Gasteiger partial charge in [0.05, 0.1) is 12.6 Å². The van der Waals surface area contributed by atoms with E-state index in [1.165, 1.54) is 6.92 Å². The van der Waals surface area contributed by atoms with Gasteiger partial charge in [-0.05, 0) is 26.2 Å². The van der Waals surface area contributed by atoms with E-state index < -0.39 is 23.7 Å². The lowest BCUT2D eigenvalue weighted by Crippen LogP contribution is -2.63. The third kappa shape index (κ3) is 4.76. The summed E-state index contributed by atoms with van der Waals surface area (Å²) < 4.78 is 10.9. The first-order chi connectivity index (χ1) is 10.8. The van der Waals surface area contributed by atoms with E-state index in [4.69, 9.17) is 9.47 Å². The van der Waals surface area contributed by atoms with Crippen molar-refractivity contribution >= 4 is 11.9 Å². The fraction of sp³-hybridized carbons (Fsp3) is 0.750. The Hall–Kier alpha value is -1.44. The van der Waals surface area contributed by atoms with E-state index in [2.05, 4.69) is 10.6 Å². The van der Waals surface area contributed by atoms with Gasteiger partial charge in [-0.3, -0.25) is 14.9 Å². The molecular weight excluding hydrogens is 300 g/mol. The van der Waals surface area contributed by atoms with Crippen molar-refractivity contribution in [2.45, 2.75) is 50.9 Å². The monoisotopic (exact) mass is 328 g/mol. The van der Waals surface area contributed by atoms with Crippen molar-refractivity contribution in [1.82, 2.24) is 10.6 Å². The predicted octanol–water partition coefficient (Wildman–Crippen LogP) is 0.550. The van der Waals surface area contributed by atoms with E-state index in [9.17, 15) is 14.7 Å². The molecule has 0 unspecified atom stereocenters. The molecule has 7 nitrogen and oxygen atoms in total. The number of hydrogen-bond donors (Lipinski definition) is 3. The summed E-state index contributed by atoms with van der Waals surface area (Å²) in [5.74, 6) is -1.12. The molecule has 3 N–H and O–H groups in total. The van der Waals surface area contributed by atoms with Crippen LogP contribution in [0.4, 0.5) is 0 Å². The van der Waals surface area contributed by atoms with E-state index in [-0.39, 0.29) is 24.5 Å². The number of rotatable bonds is 8. The number of amides is 1. The summed E-state index contributed by atoms with van der Waals surface area (Å²) >= 11 is 0. The van der Waals surface area contributed by atoms with Crippen molar-refractivity contribution in [3.63, 3.8) is 0 Å². The van der Waals surface area contributed by atoms with Crippen LogP contribution in [0.2, 0.25) is 0 Å². The van der Waals surface area contributed by atoms with Crippen LogP contribution in [0.15, 0.2) is 12.2 Å². The fourth-order valence-corrected chi connectivity index (χ4v) is 3.21. The van der Waals surface area contributed by atoms with Crippen molar-refractivity contribution in [2.24, 2.45) is 5.92 Å². The zero-order valence-electron chi connectivity index (χ0n) is 14.5. The van der Waals surface area contributed by atoms with Gasteiger partial charge in [0.1, 0.15) is 11.6 Å². The third-order valence-electron chi connectivity index (χ3n) is 4.37. The van der Waals surface area contributed by atoms with E-state index in [0.717, 1.165) is 0 Å². The normalized spacial score (nSPS) is 28.5. The van der Waals surface area contributed by atoms with Crippen molar-refractivity contribution in [3.05, 3.63) is 12.2 Å². The maximum Gasteiger partial charge on any atom is 0.320 e. The van der Waals surface area contributed by atoms with Crippen LogP contribution in [-0.2, 0) is 19.1 Å². The molecule has 0 aliphatic carbocycles. The highest BCUT2D eigenvalue weighted by Gasteiger charge is 2.48. The molecule has 0 saturated carbocycles. The van der Waals surface area contributed by atoms with Crippen molar-refractivity contribution in [3.8, 4) is 0 Å². The van der Waals surface area contributed by atoms with Gasteiger partial charge in [0.15, 0.2) is 0 Å². The van der Waals surface area contributed by atoms with E-state index in [1.54, 1.807) is 14.2 Å². The molecule has 0 spiro atoms. The highest BCUT2D eigenvalue weighted by atomic mass is 16.5. The van der Waals surface area contributed by atoms with E-state index >= 15 is 0 Å². The second-order valence-corrected chi connectivity index (χ2v) is 6.14. The summed E-state index contributed by atoms with van der Waals surface area (Å²) in [6.45, 7) is 5.44. The molecule has 0 aromatic heterocycles. The number of hydrogen-bond acceptors (Lipinski definition) is 5. The average Bonchev–Trinajstić information content (AvgIpc) is 2.89. The van der Waals surface area contributed by atoms with Gasteiger partial charge in [-0.15, -0.1) is 0 Å². The van der Waals surface area contributed by atoms with Crippen molar-refractivity contribution in [1.29, 1.82) is 0 Å². The Labute approximate surface area is 137 Å². The maximum atomic E-state index is 11.7. The number of nitrogens with one attached hydrogen (secondary N) is 2. The average molecular weight is 328 g/mol. The Kier molecular flexibility index (Phi) is 7.18. The van der Waals surface area contributed by atoms with Crippen LogP contribution in [-0.4, -0.2) is 61.5 Å². The summed E-state index contributed by atoms with van der Waals surface area (Å²) in [6.07, 6.45) is 4.33. The number of carbonyl (C=O) groups excluding carboxylic acids is 1. The molecule has 1 fully saturated rings. The van der Waals surface area contributed by atoms with Gasteiger partial charge < -0.3 is 19.9 Å². The first-order valence-electron chi connectivity index (χ1n) is 7.72. The van der Waals surface area contributed by atoms with Crippen LogP contribution in [0, 0.1) is 5.92 Å². The first-order valence-corrected chi connectivity index (χ1v) is 7.72. The lowest BCUT2D eigenvalue weighted by atomic mass is 9.84. The van der Waals surface area contributed by atoms with Gasteiger partial charge in [-0.25, -0.2) is 0 Å². The zero-order valence-corrected chi connectivity index (χ0v) is 14.5. The Balaban J connectivity index is 3.16. The summed E-state index contributed by atoms with van der Waals surface area (Å²) in [6, 6.07) is -1.35. The Bertz CT molecular complexity index is 454. The molecule has 23 heavy (non-hydrogen) atoms. The van der Waals surface area contributed by atoms with Gasteiger partial charge in [-0.2, -0.15) is 0 Å². The summed E-state index contributed by atoms with van der Waals surface area (Å²) in [7, 11) is 3.12. The summed E-state index contributed by atoms with van der Waals surface area (Å²) in [5.41, 5.74) is -0.786. The van der Waals surface area contributed by atoms with E-state index in [0.29, 0.717) is 6.42 Å². The van der Waals surface area contributed by atoms with Crippen molar-refractivity contribution < 1.29 is 24.2 Å². The number of allylic oxidation sites excluding steroid dienone is 1. The molecule has 1 amide bonds. The van der Waals surface area contributed by atoms with Crippen LogP contribution in [0.25, 0.3) is 0 Å². The summed E-state index contributed by atoms with van der Waals surface area (Å²) in [5, 5.41) is 15.4.